The Kier molecular flexibility index (Phi) is 6.48. The van der Waals surface area contributed by atoms with Crippen molar-refractivity contribution >= 4 is 62.6 Å². The Morgan fingerprint density at radius 2 is 1.36 bits per heavy atom. The Hall–Kier alpha value is -4.27. The van der Waals surface area contributed by atoms with E-state index in [1.54, 1.807) is 30.3 Å². The number of hydrogen-bond donors (Lipinski definition) is 1. The second-order valence-electron chi connectivity index (χ2n) is 10.6. The fourth-order valence-corrected chi connectivity index (χ4v) is 7.42. The third kappa shape index (κ3) is 4.16. The van der Waals surface area contributed by atoms with Crippen molar-refractivity contribution in [3.05, 3.63) is 128 Å². The van der Waals surface area contributed by atoms with Gasteiger partial charge in [-0.25, -0.2) is 9.69 Å². The van der Waals surface area contributed by atoms with E-state index in [1.165, 1.54) is 17.0 Å². The first-order chi connectivity index (χ1) is 20.3. The van der Waals surface area contributed by atoms with E-state index in [1.807, 2.05) is 24.3 Å². The van der Waals surface area contributed by atoms with Gasteiger partial charge < -0.3 is 10.1 Å². The maximum Gasteiger partial charge on any atom is 0.338 e. The zero-order valence-electron chi connectivity index (χ0n) is 21.9. The second-order valence-corrected chi connectivity index (χ2v) is 11.9. The molecule has 42 heavy (non-hydrogen) atoms. The van der Waals surface area contributed by atoms with Gasteiger partial charge >= 0.3 is 5.97 Å². The summed E-state index contributed by atoms with van der Waals surface area (Å²) in [5.41, 5.74) is 5.15. The third-order valence-corrected chi connectivity index (χ3v) is 9.13. The summed E-state index contributed by atoms with van der Waals surface area (Å²) in [4.78, 5) is 54.5. The summed E-state index contributed by atoms with van der Waals surface area (Å²) in [7, 11) is 0. The van der Waals surface area contributed by atoms with Gasteiger partial charge in [0.25, 0.3) is 5.91 Å². The van der Waals surface area contributed by atoms with E-state index in [0.717, 1.165) is 26.7 Å². The number of esters is 1. The maximum absolute atomic E-state index is 14.0. The summed E-state index contributed by atoms with van der Waals surface area (Å²) in [6, 6.07) is 27.3. The van der Waals surface area contributed by atoms with Crippen molar-refractivity contribution < 1.29 is 23.9 Å². The van der Waals surface area contributed by atoms with Crippen LogP contribution in [0.4, 0.5) is 11.4 Å². The predicted molar refractivity (Wildman–Crippen MR) is 161 cm³/mol. The molecular weight excluding hydrogens is 620 g/mol. The highest BCUT2D eigenvalue weighted by molar-refractivity contribution is 9.10. The fourth-order valence-electron chi connectivity index (χ4n) is 6.70. The van der Waals surface area contributed by atoms with Crippen LogP contribution < -0.4 is 10.2 Å². The molecule has 1 aliphatic heterocycles. The van der Waals surface area contributed by atoms with Gasteiger partial charge in [0, 0.05) is 16.3 Å². The second kappa shape index (κ2) is 10.2. The lowest BCUT2D eigenvalue weighted by atomic mass is 9.55. The zero-order chi connectivity index (χ0) is 29.1. The Labute approximate surface area is 254 Å². The standard InChI is InChI=1S/C33H22BrClN2O5/c34-18-12-13-25(24(35)15-18)36-26(38)16-42-33(41)17-6-5-7-19(14-17)37-31(39)29-27-20-8-1-2-9-21(20)28(30(29)32(37)40)23-11-4-3-10-22(23)27/h1-15,27-30H,16H2,(H,36,38)/t27?,28?,29-,30-/m1/s1. The molecule has 9 heteroatoms. The molecule has 0 saturated carbocycles. The summed E-state index contributed by atoms with van der Waals surface area (Å²) in [6.07, 6.45) is 0. The number of benzene rings is 4. The van der Waals surface area contributed by atoms with Crippen LogP contribution in [-0.2, 0) is 19.1 Å². The van der Waals surface area contributed by atoms with Crippen molar-refractivity contribution in [2.24, 2.45) is 11.8 Å². The Bertz CT molecular complexity index is 1710. The zero-order valence-corrected chi connectivity index (χ0v) is 24.3. The van der Waals surface area contributed by atoms with E-state index in [9.17, 15) is 19.2 Å². The third-order valence-electron chi connectivity index (χ3n) is 8.33. The summed E-state index contributed by atoms with van der Waals surface area (Å²) in [5, 5.41) is 2.93. The number of carbonyl (C=O) groups excluding carboxylic acids is 4. The minimum atomic E-state index is -0.759. The van der Waals surface area contributed by atoms with E-state index in [-0.39, 0.29) is 29.2 Å². The minimum absolute atomic E-state index is 0.118. The molecule has 0 aromatic heterocycles. The van der Waals surface area contributed by atoms with Gasteiger partial charge in [-0.1, -0.05) is 82.1 Å². The summed E-state index contributed by atoms with van der Waals surface area (Å²) in [5.74, 6) is -3.38. The smallest absolute Gasteiger partial charge is 0.338 e. The number of halogens is 2. The first kappa shape index (κ1) is 26.6. The maximum atomic E-state index is 14.0. The molecule has 4 aliphatic rings. The van der Waals surface area contributed by atoms with Crippen LogP contribution in [0, 0.1) is 11.8 Å². The number of rotatable bonds is 5. The van der Waals surface area contributed by atoms with Crippen LogP contribution in [-0.4, -0.2) is 30.3 Å². The van der Waals surface area contributed by atoms with Crippen molar-refractivity contribution in [3.8, 4) is 0 Å². The highest BCUT2D eigenvalue weighted by Crippen LogP contribution is 2.61. The number of hydrogen-bond acceptors (Lipinski definition) is 5. The number of carbonyl (C=O) groups is 4. The molecule has 3 amide bonds. The number of ether oxygens (including phenoxy) is 1. The van der Waals surface area contributed by atoms with Gasteiger partial charge in [0.05, 0.1) is 33.8 Å². The van der Waals surface area contributed by atoms with Crippen LogP contribution in [0.1, 0.15) is 44.4 Å². The molecule has 8 rings (SSSR count). The van der Waals surface area contributed by atoms with Crippen molar-refractivity contribution in [1.29, 1.82) is 0 Å². The van der Waals surface area contributed by atoms with Gasteiger partial charge in [-0.15, -0.1) is 0 Å². The van der Waals surface area contributed by atoms with Gasteiger partial charge in [0.1, 0.15) is 0 Å². The highest BCUT2D eigenvalue weighted by Gasteiger charge is 2.61. The van der Waals surface area contributed by atoms with E-state index in [4.69, 9.17) is 16.3 Å². The van der Waals surface area contributed by atoms with Crippen molar-refractivity contribution in [1.82, 2.24) is 0 Å². The molecule has 4 aromatic carbocycles. The fraction of sp³-hybridized carbons (Fsp3) is 0.152. The number of nitrogens with one attached hydrogen (secondary N) is 1. The topological polar surface area (TPSA) is 92.8 Å². The van der Waals surface area contributed by atoms with Crippen LogP contribution in [0.2, 0.25) is 5.02 Å². The van der Waals surface area contributed by atoms with E-state index < -0.39 is 30.3 Å². The normalized spacial score (nSPS) is 21.4. The Morgan fingerprint density at radius 1 is 0.786 bits per heavy atom. The van der Waals surface area contributed by atoms with Gasteiger partial charge in [-0.3, -0.25) is 14.4 Å². The predicted octanol–water partition coefficient (Wildman–Crippen LogP) is 6.29. The molecule has 1 heterocycles. The molecule has 3 aliphatic carbocycles. The van der Waals surface area contributed by atoms with Crippen LogP contribution >= 0.6 is 27.5 Å². The minimum Gasteiger partial charge on any atom is -0.452 e. The lowest BCUT2D eigenvalue weighted by molar-refractivity contribution is -0.122. The molecule has 1 fully saturated rings. The SMILES string of the molecule is O=C(COC(=O)c1cccc(N2C(=O)[C@@H]3C4c5ccccc5C(c5ccccc54)[C@H]3C2=O)c1)Nc1ccc(Br)cc1Cl. The molecule has 0 radical (unpaired) electrons. The number of anilines is 2. The Balaban J connectivity index is 1.13. The summed E-state index contributed by atoms with van der Waals surface area (Å²) in [6.45, 7) is -0.541. The average molecular weight is 642 g/mol. The molecule has 1 saturated heterocycles. The van der Waals surface area contributed by atoms with Gasteiger partial charge in [-0.2, -0.15) is 0 Å². The lowest BCUT2D eigenvalue weighted by Gasteiger charge is -2.45. The molecule has 2 atom stereocenters. The molecule has 4 aromatic rings. The first-order valence-corrected chi connectivity index (χ1v) is 14.6. The summed E-state index contributed by atoms with van der Waals surface area (Å²) < 4.78 is 5.99. The van der Waals surface area contributed by atoms with Gasteiger partial charge in [-0.05, 0) is 58.7 Å². The number of imide groups is 1. The van der Waals surface area contributed by atoms with E-state index in [2.05, 4.69) is 45.5 Å². The van der Waals surface area contributed by atoms with Crippen molar-refractivity contribution in [3.63, 3.8) is 0 Å². The molecule has 0 unspecified atom stereocenters. The van der Waals surface area contributed by atoms with Crippen LogP contribution in [0.15, 0.2) is 95.5 Å². The molecule has 7 nitrogen and oxygen atoms in total. The van der Waals surface area contributed by atoms with Gasteiger partial charge in [0.2, 0.25) is 11.8 Å². The highest BCUT2D eigenvalue weighted by atomic mass is 79.9. The number of amides is 3. The quantitative estimate of drug-likeness (QED) is 0.204. The first-order valence-electron chi connectivity index (χ1n) is 13.4. The average Bonchev–Trinajstić information content (AvgIpc) is 3.27. The van der Waals surface area contributed by atoms with E-state index in [0.29, 0.717) is 16.4 Å². The largest absolute Gasteiger partial charge is 0.452 e. The van der Waals surface area contributed by atoms with Crippen LogP contribution in [0.5, 0.6) is 0 Å². The van der Waals surface area contributed by atoms with E-state index >= 15 is 0 Å². The molecule has 208 valence electrons. The monoisotopic (exact) mass is 640 g/mol. The number of nitrogens with zero attached hydrogens (tertiary/aromatic N) is 1. The van der Waals surface area contributed by atoms with Crippen LogP contribution in [0.25, 0.3) is 0 Å². The molecule has 1 N–H and O–H groups in total. The molecule has 0 spiro atoms. The lowest BCUT2D eigenvalue weighted by Crippen LogP contribution is -2.41. The van der Waals surface area contributed by atoms with Crippen molar-refractivity contribution in [2.75, 3.05) is 16.8 Å². The molecular formula is C33H22BrClN2O5. The Morgan fingerprint density at radius 3 is 1.90 bits per heavy atom. The van der Waals surface area contributed by atoms with Crippen LogP contribution in [0.3, 0.4) is 0 Å². The van der Waals surface area contributed by atoms with Gasteiger partial charge in [0.15, 0.2) is 6.61 Å². The molecule has 2 bridgehead atoms. The summed E-state index contributed by atoms with van der Waals surface area (Å²) >= 11 is 9.45. The van der Waals surface area contributed by atoms with Crippen molar-refractivity contribution in [2.45, 2.75) is 11.8 Å².